The number of aliphatic hydroxyl groups excluding tert-OH is 1. The van der Waals surface area contributed by atoms with Gasteiger partial charge in [-0.05, 0) is 30.5 Å². The normalized spacial score (nSPS) is 12.8. The minimum Gasteiger partial charge on any atom is -0.393 e. The van der Waals surface area contributed by atoms with E-state index in [0.29, 0.717) is 0 Å². The molecule has 0 aliphatic heterocycles. The standard InChI is InChI=1S/C10H15NO/c1-2-3-10(12)8-9-4-6-11-7-5-9/h4-7,10,12H,2-3,8H2,1H3. The van der Waals surface area contributed by atoms with Crippen LogP contribution in [-0.4, -0.2) is 16.2 Å². The Labute approximate surface area is 73.3 Å². The Kier molecular flexibility index (Phi) is 3.74. The van der Waals surface area contributed by atoms with Crippen LogP contribution in [0.5, 0.6) is 0 Å². The zero-order valence-electron chi connectivity index (χ0n) is 7.40. The van der Waals surface area contributed by atoms with Crippen LogP contribution in [0.15, 0.2) is 24.5 Å². The van der Waals surface area contributed by atoms with Crippen LogP contribution in [0.3, 0.4) is 0 Å². The Morgan fingerprint density at radius 1 is 1.42 bits per heavy atom. The van der Waals surface area contributed by atoms with Gasteiger partial charge in [0.2, 0.25) is 0 Å². The molecule has 2 heteroatoms. The van der Waals surface area contributed by atoms with Gasteiger partial charge in [0.15, 0.2) is 0 Å². The molecular weight excluding hydrogens is 150 g/mol. The van der Waals surface area contributed by atoms with Crippen LogP contribution in [0.4, 0.5) is 0 Å². The molecule has 0 saturated heterocycles. The predicted octanol–water partition coefficient (Wildman–Crippen LogP) is 1.79. The van der Waals surface area contributed by atoms with Gasteiger partial charge in [-0.25, -0.2) is 0 Å². The highest BCUT2D eigenvalue weighted by atomic mass is 16.3. The molecule has 0 saturated carbocycles. The topological polar surface area (TPSA) is 33.1 Å². The molecule has 1 heterocycles. The Morgan fingerprint density at radius 3 is 2.67 bits per heavy atom. The zero-order chi connectivity index (χ0) is 8.81. The van der Waals surface area contributed by atoms with Crippen LogP contribution < -0.4 is 0 Å². The van der Waals surface area contributed by atoms with Gasteiger partial charge in [-0.15, -0.1) is 0 Å². The first-order chi connectivity index (χ1) is 5.83. The van der Waals surface area contributed by atoms with Crippen molar-refractivity contribution in [3.8, 4) is 0 Å². The number of hydrogen-bond acceptors (Lipinski definition) is 2. The molecule has 0 aliphatic carbocycles. The lowest BCUT2D eigenvalue weighted by atomic mass is 10.1. The van der Waals surface area contributed by atoms with Crippen LogP contribution in [0.2, 0.25) is 0 Å². The van der Waals surface area contributed by atoms with Crippen molar-refractivity contribution in [3.63, 3.8) is 0 Å². The van der Waals surface area contributed by atoms with Gasteiger partial charge in [-0.1, -0.05) is 13.3 Å². The van der Waals surface area contributed by atoms with Crippen molar-refractivity contribution in [1.82, 2.24) is 4.98 Å². The molecular formula is C10H15NO. The molecule has 66 valence electrons. The van der Waals surface area contributed by atoms with E-state index in [4.69, 9.17) is 0 Å². The van der Waals surface area contributed by atoms with Crippen molar-refractivity contribution in [2.24, 2.45) is 0 Å². The summed E-state index contributed by atoms with van der Waals surface area (Å²) in [5.41, 5.74) is 1.16. The molecule has 2 nitrogen and oxygen atoms in total. The van der Waals surface area contributed by atoms with Crippen molar-refractivity contribution < 1.29 is 5.11 Å². The molecule has 1 atom stereocenters. The van der Waals surface area contributed by atoms with Gasteiger partial charge >= 0.3 is 0 Å². The summed E-state index contributed by atoms with van der Waals surface area (Å²) in [6, 6.07) is 3.89. The first kappa shape index (κ1) is 9.20. The van der Waals surface area contributed by atoms with E-state index < -0.39 is 0 Å². The summed E-state index contributed by atoms with van der Waals surface area (Å²) in [6.07, 6.45) is 5.98. The van der Waals surface area contributed by atoms with Gasteiger partial charge in [0.1, 0.15) is 0 Å². The Balaban J connectivity index is 2.41. The van der Waals surface area contributed by atoms with Crippen molar-refractivity contribution in [3.05, 3.63) is 30.1 Å². The third kappa shape index (κ3) is 3.01. The highest BCUT2D eigenvalue weighted by Gasteiger charge is 2.02. The Bertz CT molecular complexity index is 210. The first-order valence-electron chi connectivity index (χ1n) is 4.40. The number of nitrogens with zero attached hydrogens (tertiary/aromatic N) is 1. The first-order valence-corrected chi connectivity index (χ1v) is 4.40. The summed E-state index contributed by atoms with van der Waals surface area (Å²) in [7, 11) is 0. The smallest absolute Gasteiger partial charge is 0.0580 e. The third-order valence-corrected chi connectivity index (χ3v) is 1.84. The molecule has 0 fully saturated rings. The van der Waals surface area contributed by atoms with E-state index in [1.165, 1.54) is 0 Å². The fourth-order valence-electron chi connectivity index (χ4n) is 1.23. The van der Waals surface area contributed by atoms with E-state index in [-0.39, 0.29) is 6.10 Å². The fourth-order valence-corrected chi connectivity index (χ4v) is 1.23. The summed E-state index contributed by atoms with van der Waals surface area (Å²) >= 11 is 0. The van der Waals surface area contributed by atoms with E-state index in [9.17, 15) is 5.11 Å². The van der Waals surface area contributed by atoms with E-state index in [0.717, 1.165) is 24.8 Å². The molecule has 0 amide bonds. The summed E-state index contributed by atoms with van der Waals surface area (Å²) in [5, 5.41) is 9.48. The van der Waals surface area contributed by atoms with Crippen LogP contribution in [0, 0.1) is 0 Å². The van der Waals surface area contributed by atoms with E-state index >= 15 is 0 Å². The monoisotopic (exact) mass is 165 g/mol. The zero-order valence-corrected chi connectivity index (χ0v) is 7.40. The molecule has 1 N–H and O–H groups in total. The fraction of sp³-hybridized carbons (Fsp3) is 0.500. The molecule has 1 unspecified atom stereocenters. The van der Waals surface area contributed by atoms with Crippen molar-refractivity contribution in [1.29, 1.82) is 0 Å². The van der Waals surface area contributed by atoms with E-state index in [2.05, 4.69) is 11.9 Å². The summed E-state index contributed by atoms with van der Waals surface area (Å²) in [4.78, 5) is 3.92. The van der Waals surface area contributed by atoms with Gasteiger partial charge in [-0.2, -0.15) is 0 Å². The third-order valence-electron chi connectivity index (χ3n) is 1.84. The molecule has 1 aromatic rings. The molecule has 0 spiro atoms. The minimum absolute atomic E-state index is 0.197. The lowest BCUT2D eigenvalue weighted by Gasteiger charge is -2.07. The average molecular weight is 165 g/mol. The van der Waals surface area contributed by atoms with Crippen LogP contribution >= 0.6 is 0 Å². The maximum Gasteiger partial charge on any atom is 0.0580 e. The minimum atomic E-state index is -0.197. The van der Waals surface area contributed by atoms with Gasteiger partial charge in [-0.3, -0.25) is 4.98 Å². The molecule has 12 heavy (non-hydrogen) atoms. The second-order valence-corrected chi connectivity index (χ2v) is 3.00. The van der Waals surface area contributed by atoms with Crippen molar-refractivity contribution >= 4 is 0 Å². The average Bonchev–Trinajstić information content (AvgIpc) is 2.06. The summed E-state index contributed by atoms with van der Waals surface area (Å²) in [5.74, 6) is 0. The molecule has 1 aromatic heterocycles. The van der Waals surface area contributed by atoms with Gasteiger partial charge in [0.25, 0.3) is 0 Å². The number of rotatable bonds is 4. The largest absolute Gasteiger partial charge is 0.393 e. The Morgan fingerprint density at radius 2 is 2.08 bits per heavy atom. The van der Waals surface area contributed by atoms with Crippen molar-refractivity contribution in [2.75, 3.05) is 0 Å². The second kappa shape index (κ2) is 4.88. The van der Waals surface area contributed by atoms with Gasteiger partial charge in [0.05, 0.1) is 6.10 Å². The van der Waals surface area contributed by atoms with Crippen LogP contribution in [0.25, 0.3) is 0 Å². The SMILES string of the molecule is CCCC(O)Cc1ccncc1. The second-order valence-electron chi connectivity index (χ2n) is 3.00. The predicted molar refractivity (Wildman–Crippen MR) is 48.9 cm³/mol. The van der Waals surface area contributed by atoms with E-state index in [1.807, 2.05) is 12.1 Å². The molecule has 0 aliphatic rings. The maximum absolute atomic E-state index is 9.48. The molecule has 0 bridgehead atoms. The van der Waals surface area contributed by atoms with Gasteiger partial charge < -0.3 is 5.11 Å². The number of pyridine rings is 1. The Hall–Kier alpha value is -0.890. The lowest BCUT2D eigenvalue weighted by Crippen LogP contribution is -2.09. The molecule has 1 rings (SSSR count). The molecule has 0 radical (unpaired) electrons. The number of hydrogen-bond donors (Lipinski definition) is 1. The van der Waals surface area contributed by atoms with E-state index in [1.54, 1.807) is 12.4 Å². The van der Waals surface area contributed by atoms with Crippen molar-refractivity contribution in [2.45, 2.75) is 32.3 Å². The highest BCUT2D eigenvalue weighted by Crippen LogP contribution is 2.05. The highest BCUT2D eigenvalue weighted by molar-refractivity contribution is 5.10. The van der Waals surface area contributed by atoms with Crippen LogP contribution in [-0.2, 0) is 6.42 Å². The lowest BCUT2D eigenvalue weighted by molar-refractivity contribution is 0.164. The number of aromatic nitrogens is 1. The molecule has 0 aromatic carbocycles. The quantitative estimate of drug-likeness (QED) is 0.737. The summed E-state index contributed by atoms with van der Waals surface area (Å²) < 4.78 is 0. The number of aliphatic hydroxyl groups is 1. The summed E-state index contributed by atoms with van der Waals surface area (Å²) in [6.45, 7) is 2.08. The van der Waals surface area contributed by atoms with Gasteiger partial charge in [0, 0.05) is 12.4 Å². The maximum atomic E-state index is 9.48. The van der Waals surface area contributed by atoms with Crippen LogP contribution in [0.1, 0.15) is 25.3 Å².